The quantitative estimate of drug-likeness (QED) is 0.864. The van der Waals surface area contributed by atoms with E-state index >= 15 is 0 Å². The summed E-state index contributed by atoms with van der Waals surface area (Å²) in [4.78, 5) is 26.5. The molecule has 0 bridgehead atoms. The predicted molar refractivity (Wildman–Crippen MR) is 98.5 cm³/mol. The molecule has 0 unspecified atom stereocenters. The normalized spacial score (nSPS) is 15.0. The lowest BCUT2D eigenvalue weighted by atomic mass is 10.0. The second kappa shape index (κ2) is 7.64. The second-order valence-corrected chi connectivity index (χ2v) is 6.81. The van der Waals surface area contributed by atoms with Crippen LogP contribution in [0.15, 0.2) is 35.1 Å². The third kappa shape index (κ3) is 4.16. The third-order valence-electron chi connectivity index (χ3n) is 4.91. The Morgan fingerprint density at radius 2 is 1.72 bits per heavy atom. The molecular weight excluding hydrogens is 314 g/mol. The molecule has 1 fully saturated rings. The van der Waals surface area contributed by atoms with Crippen molar-refractivity contribution in [3.63, 3.8) is 0 Å². The fourth-order valence-electron chi connectivity index (χ4n) is 3.17. The Hall–Kier alpha value is -2.43. The molecule has 0 saturated carbocycles. The molecule has 5 heteroatoms. The second-order valence-electron chi connectivity index (χ2n) is 6.81. The van der Waals surface area contributed by atoms with Gasteiger partial charge in [-0.1, -0.05) is 25.0 Å². The molecule has 25 heavy (non-hydrogen) atoms. The number of carbonyl (C=O) groups excluding carboxylic acids is 1. The molecule has 1 saturated heterocycles. The van der Waals surface area contributed by atoms with Gasteiger partial charge in [-0.15, -0.1) is 0 Å². The zero-order chi connectivity index (χ0) is 17.8. The smallest absolute Gasteiger partial charge is 0.267 e. The lowest BCUT2D eigenvalue weighted by Gasteiger charge is -2.20. The van der Waals surface area contributed by atoms with Gasteiger partial charge in [0.05, 0.1) is 5.69 Å². The van der Waals surface area contributed by atoms with E-state index < -0.39 is 0 Å². The number of aromatic nitrogens is 2. The Labute approximate surface area is 148 Å². The third-order valence-corrected chi connectivity index (χ3v) is 4.91. The van der Waals surface area contributed by atoms with Gasteiger partial charge in [-0.3, -0.25) is 9.59 Å². The van der Waals surface area contributed by atoms with Crippen LogP contribution in [0.4, 0.5) is 0 Å². The van der Waals surface area contributed by atoms with E-state index in [1.807, 2.05) is 17.0 Å². The van der Waals surface area contributed by atoms with Crippen LogP contribution in [0.1, 0.15) is 36.8 Å². The molecule has 0 N–H and O–H groups in total. The maximum Gasteiger partial charge on any atom is 0.267 e. The lowest BCUT2D eigenvalue weighted by Crippen LogP contribution is -2.37. The van der Waals surface area contributed by atoms with Crippen LogP contribution < -0.4 is 5.56 Å². The van der Waals surface area contributed by atoms with Gasteiger partial charge >= 0.3 is 0 Å². The van der Waals surface area contributed by atoms with Crippen molar-refractivity contribution in [2.75, 3.05) is 13.1 Å². The largest absolute Gasteiger partial charge is 0.341 e. The number of nitrogens with zero attached hydrogens (tertiary/aromatic N) is 3. The summed E-state index contributed by atoms with van der Waals surface area (Å²) >= 11 is 0. The summed E-state index contributed by atoms with van der Waals surface area (Å²) in [6, 6.07) is 9.32. The highest BCUT2D eigenvalue weighted by Gasteiger charge is 2.17. The van der Waals surface area contributed by atoms with E-state index in [0.29, 0.717) is 5.69 Å². The van der Waals surface area contributed by atoms with E-state index in [1.165, 1.54) is 34.7 Å². The predicted octanol–water partition coefficient (Wildman–Crippen LogP) is 2.93. The zero-order valence-corrected chi connectivity index (χ0v) is 15.0. The first kappa shape index (κ1) is 17.4. The molecule has 1 aromatic carbocycles. The van der Waals surface area contributed by atoms with Crippen LogP contribution >= 0.6 is 0 Å². The average Bonchev–Trinajstić information content (AvgIpc) is 2.89. The van der Waals surface area contributed by atoms with Crippen LogP contribution in [0.5, 0.6) is 0 Å². The summed E-state index contributed by atoms with van der Waals surface area (Å²) in [5, 5.41) is 4.43. The molecule has 1 aliphatic heterocycles. The van der Waals surface area contributed by atoms with E-state index in [4.69, 9.17) is 0 Å². The Balaban J connectivity index is 1.82. The standard InChI is InChI=1S/C20H25N3O2/c1-15-7-8-17(13-16(15)2)18-9-10-19(24)23(21-18)14-20(25)22-11-5-3-4-6-12-22/h7-10,13H,3-6,11-12,14H2,1-2H3. The van der Waals surface area contributed by atoms with Gasteiger partial charge in [0.25, 0.3) is 5.56 Å². The molecule has 3 rings (SSSR count). The minimum atomic E-state index is -0.240. The highest BCUT2D eigenvalue weighted by Crippen LogP contribution is 2.19. The number of benzene rings is 1. The minimum absolute atomic E-state index is 0.0114. The monoisotopic (exact) mass is 339 g/mol. The highest BCUT2D eigenvalue weighted by molar-refractivity contribution is 5.76. The summed E-state index contributed by atoms with van der Waals surface area (Å²) in [5.41, 5.74) is 3.83. The number of rotatable bonds is 3. The Bertz CT molecular complexity index is 818. The van der Waals surface area contributed by atoms with Gasteiger partial charge in [0, 0.05) is 24.7 Å². The van der Waals surface area contributed by atoms with Crippen molar-refractivity contribution >= 4 is 5.91 Å². The molecule has 1 aliphatic rings. The van der Waals surface area contributed by atoms with Crippen molar-refractivity contribution in [1.82, 2.24) is 14.7 Å². The molecule has 5 nitrogen and oxygen atoms in total. The molecular formula is C20H25N3O2. The van der Waals surface area contributed by atoms with Crippen LogP contribution in [-0.2, 0) is 11.3 Å². The minimum Gasteiger partial charge on any atom is -0.341 e. The van der Waals surface area contributed by atoms with Crippen molar-refractivity contribution < 1.29 is 4.79 Å². The van der Waals surface area contributed by atoms with Crippen molar-refractivity contribution in [2.45, 2.75) is 46.1 Å². The molecule has 2 heterocycles. The van der Waals surface area contributed by atoms with Gasteiger partial charge in [-0.05, 0) is 49.9 Å². The lowest BCUT2D eigenvalue weighted by molar-refractivity contribution is -0.132. The van der Waals surface area contributed by atoms with Gasteiger partial charge in [0.1, 0.15) is 6.54 Å². The Kier molecular flexibility index (Phi) is 5.31. The average molecular weight is 339 g/mol. The maximum atomic E-state index is 12.5. The first-order valence-corrected chi connectivity index (χ1v) is 8.98. The van der Waals surface area contributed by atoms with E-state index in [0.717, 1.165) is 31.5 Å². The van der Waals surface area contributed by atoms with Gasteiger partial charge in [-0.2, -0.15) is 5.10 Å². The van der Waals surface area contributed by atoms with E-state index in [1.54, 1.807) is 6.07 Å². The number of aryl methyl sites for hydroxylation is 2. The summed E-state index contributed by atoms with van der Waals surface area (Å²) in [5.74, 6) is -0.0197. The van der Waals surface area contributed by atoms with E-state index in [-0.39, 0.29) is 18.0 Å². The maximum absolute atomic E-state index is 12.5. The number of likely N-dealkylation sites (tertiary alicyclic amines) is 1. The number of hydrogen-bond donors (Lipinski definition) is 0. The van der Waals surface area contributed by atoms with Crippen LogP contribution in [-0.4, -0.2) is 33.7 Å². The summed E-state index contributed by atoms with van der Waals surface area (Å²) < 4.78 is 1.29. The summed E-state index contributed by atoms with van der Waals surface area (Å²) in [7, 11) is 0. The molecule has 1 amide bonds. The van der Waals surface area contributed by atoms with Crippen LogP contribution in [0.25, 0.3) is 11.3 Å². The first-order chi connectivity index (χ1) is 12.0. The number of carbonyl (C=O) groups is 1. The molecule has 0 radical (unpaired) electrons. The van der Waals surface area contributed by atoms with Crippen LogP contribution in [0.2, 0.25) is 0 Å². The van der Waals surface area contributed by atoms with Crippen LogP contribution in [0.3, 0.4) is 0 Å². The number of hydrogen-bond acceptors (Lipinski definition) is 3. The topological polar surface area (TPSA) is 55.2 Å². The molecule has 1 aromatic heterocycles. The van der Waals surface area contributed by atoms with E-state index in [2.05, 4.69) is 25.0 Å². The fourth-order valence-corrected chi connectivity index (χ4v) is 3.17. The van der Waals surface area contributed by atoms with Crippen molar-refractivity contribution in [1.29, 1.82) is 0 Å². The first-order valence-electron chi connectivity index (χ1n) is 8.98. The Morgan fingerprint density at radius 3 is 2.40 bits per heavy atom. The summed E-state index contributed by atoms with van der Waals surface area (Å²) in [6.07, 6.45) is 4.42. The van der Waals surface area contributed by atoms with E-state index in [9.17, 15) is 9.59 Å². The van der Waals surface area contributed by atoms with Gasteiger partial charge < -0.3 is 4.90 Å². The number of amides is 1. The molecule has 0 atom stereocenters. The molecule has 2 aromatic rings. The van der Waals surface area contributed by atoms with Crippen molar-refractivity contribution in [2.24, 2.45) is 0 Å². The molecule has 132 valence electrons. The van der Waals surface area contributed by atoms with Crippen LogP contribution in [0, 0.1) is 13.8 Å². The SMILES string of the molecule is Cc1ccc(-c2ccc(=O)n(CC(=O)N3CCCCCC3)n2)cc1C. The summed E-state index contributed by atoms with van der Waals surface area (Å²) in [6.45, 7) is 5.69. The van der Waals surface area contributed by atoms with Crippen molar-refractivity contribution in [3.05, 3.63) is 51.8 Å². The molecule has 0 spiro atoms. The Morgan fingerprint density at radius 1 is 1.00 bits per heavy atom. The highest BCUT2D eigenvalue weighted by atomic mass is 16.2. The van der Waals surface area contributed by atoms with Gasteiger partial charge in [0.15, 0.2) is 0 Å². The zero-order valence-electron chi connectivity index (χ0n) is 15.0. The van der Waals surface area contributed by atoms with Gasteiger partial charge in [0.2, 0.25) is 5.91 Å². The van der Waals surface area contributed by atoms with Gasteiger partial charge in [-0.25, -0.2) is 4.68 Å². The fraction of sp³-hybridized carbons (Fsp3) is 0.450. The molecule has 0 aliphatic carbocycles. The van der Waals surface area contributed by atoms with Crippen molar-refractivity contribution in [3.8, 4) is 11.3 Å².